The minimum atomic E-state index is -0.347. The Hall–Kier alpha value is -3.24. The molecule has 0 aliphatic carbocycles. The summed E-state index contributed by atoms with van der Waals surface area (Å²) in [6.45, 7) is 12.0. The number of rotatable bonds is 7. The molecule has 1 aromatic heterocycles. The maximum atomic E-state index is 14.5. The number of piperazine rings is 1. The molecule has 1 N–H and O–H groups in total. The molecule has 1 amide bonds. The highest BCUT2D eigenvalue weighted by Crippen LogP contribution is 2.35. The summed E-state index contributed by atoms with van der Waals surface area (Å²) in [7, 11) is 2.11. The van der Waals surface area contributed by atoms with Crippen molar-refractivity contribution in [2.75, 3.05) is 38.2 Å². The fraction of sp³-hybridized carbons (Fsp3) is 0.536. The van der Waals surface area contributed by atoms with Crippen molar-refractivity contribution in [1.82, 2.24) is 24.7 Å². The molecular formula is C28H37FN6O3. The Morgan fingerprint density at radius 1 is 1.24 bits per heavy atom. The van der Waals surface area contributed by atoms with E-state index in [1.807, 2.05) is 11.8 Å². The normalized spacial score (nSPS) is 24.1. The molecule has 9 nitrogen and oxygen atoms in total. The molecule has 3 aliphatic heterocycles. The number of likely N-dealkylation sites (tertiary alicyclic amines) is 1. The first kappa shape index (κ1) is 26.4. The van der Waals surface area contributed by atoms with Gasteiger partial charge in [-0.3, -0.25) is 9.69 Å². The van der Waals surface area contributed by atoms with Crippen LogP contribution in [0.15, 0.2) is 30.9 Å². The molecule has 4 heterocycles. The topological polar surface area (TPSA) is 85.3 Å². The summed E-state index contributed by atoms with van der Waals surface area (Å²) in [5.41, 5.74) is 2.31. The SMILES string of the molecule is C=CC(=O)N1C[C@H](C)N(c2nc(OC[C@@H]3CCCN3C)nc3c2CN(Cc2cc(O)ccc2F)C3)C[C@H]1C. The molecule has 204 valence electrons. The van der Waals surface area contributed by atoms with Gasteiger partial charge in [-0.25, -0.2) is 4.39 Å². The molecule has 0 spiro atoms. The number of ether oxygens (including phenoxy) is 1. The average molecular weight is 525 g/mol. The number of anilines is 1. The van der Waals surface area contributed by atoms with E-state index < -0.39 is 0 Å². The highest BCUT2D eigenvalue weighted by molar-refractivity contribution is 5.87. The smallest absolute Gasteiger partial charge is 0.318 e. The summed E-state index contributed by atoms with van der Waals surface area (Å²) in [5.74, 6) is 0.441. The van der Waals surface area contributed by atoms with Crippen LogP contribution in [0.3, 0.4) is 0 Å². The summed E-state index contributed by atoms with van der Waals surface area (Å²) >= 11 is 0. The Balaban J connectivity index is 1.42. The lowest BCUT2D eigenvalue weighted by molar-refractivity contribution is -0.128. The number of aromatic hydroxyl groups is 1. The van der Waals surface area contributed by atoms with E-state index in [1.165, 1.54) is 24.3 Å². The number of carbonyl (C=O) groups is 1. The van der Waals surface area contributed by atoms with E-state index in [-0.39, 0.29) is 29.6 Å². The van der Waals surface area contributed by atoms with Gasteiger partial charge in [-0.2, -0.15) is 9.97 Å². The van der Waals surface area contributed by atoms with Gasteiger partial charge in [-0.1, -0.05) is 6.58 Å². The van der Waals surface area contributed by atoms with Gasteiger partial charge in [0.2, 0.25) is 5.91 Å². The first-order valence-corrected chi connectivity index (χ1v) is 13.4. The number of fused-ring (bicyclic) bond motifs is 1. The number of hydrogen-bond donors (Lipinski definition) is 1. The number of likely N-dealkylation sites (N-methyl/N-ethyl adjacent to an activating group) is 1. The van der Waals surface area contributed by atoms with Crippen LogP contribution in [-0.4, -0.2) is 87.1 Å². The molecule has 0 radical (unpaired) electrons. The third-order valence-corrected chi connectivity index (χ3v) is 8.02. The third kappa shape index (κ3) is 5.33. The highest BCUT2D eigenvalue weighted by Gasteiger charge is 2.36. The second-order valence-electron chi connectivity index (χ2n) is 10.8. The van der Waals surface area contributed by atoms with Gasteiger partial charge in [0.25, 0.3) is 0 Å². The molecule has 0 saturated carbocycles. The molecular weight excluding hydrogens is 487 g/mol. The molecule has 2 saturated heterocycles. The minimum absolute atomic E-state index is 0.0160. The van der Waals surface area contributed by atoms with Crippen molar-refractivity contribution in [3.8, 4) is 11.8 Å². The summed E-state index contributed by atoms with van der Waals surface area (Å²) < 4.78 is 20.6. The van der Waals surface area contributed by atoms with Gasteiger partial charge in [-0.05, 0) is 64.6 Å². The van der Waals surface area contributed by atoms with E-state index in [2.05, 4.69) is 35.3 Å². The van der Waals surface area contributed by atoms with Crippen molar-refractivity contribution in [3.05, 3.63) is 53.5 Å². The van der Waals surface area contributed by atoms with E-state index in [4.69, 9.17) is 14.7 Å². The Morgan fingerprint density at radius 2 is 2.05 bits per heavy atom. The van der Waals surface area contributed by atoms with Crippen LogP contribution in [0.4, 0.5) is 10.2 Å². The molecule has 0 bridgehead atoms. The summed E-state index contributed by atoms with van der Waals surface area (Å²) in [6.07, 6.45) is 3.61. The van der Waals surface area contributed by atoms with E-state index >= 15 is 0 Å². The summed E-state index contributed by atoms with van der Waals surface area (Å²) in [4.78, 5) is 30.6. The minimum Gasteiger partial charge on any atom is -0.508 e. The van der Waals surface area contributed by atoms with Gasteiger partial charge in [0.15, 0.2) is 0 Å². The van der Waals surface area contributed by atoms with Gasteiger partial charge >= 0.3 is 6.01 Å². The highest BCUT2D eigenvalue weighted by atomic mass is 19.1. The number of phenolic OH excluding ortho intramolecular Hbond substituents is 1. The van der Waals surface area contributed by atoms with Gasteiger partial charge < -0.3 is 24.5 Å². The van der Waals surface area contributed by atoms with Crippen molar-refractivity contribution < 1.29 is 19.0 Å². The van der Waals surface area contributed by atoms with Crippen molar-refractivity contribution in [1.29, 1.82) is 0 Å². The van der Waals surface area contributed by atoms with Crippen molar-refractivity contribution in [3.63, 3.8) is 0 Å². The zero-order valence-electron chi connectivity index (χ0n) is 22.4. The Labute approximate surface area is 223 Å². The number of phenols is 1. The van der Waals surface area contributed by atoms with E-state index in [1.54, 1.807) is 0 Å². The van der Waals surface area contributed by atoms with Crippen LogP contribution >= 0.6 is 0 Å². The standard InChI is InChI=1S/C28H37FN6O3/c1-5-26(37)34-12-19(3)35(13-18(34)2)27-23-15-33(14-20-11-22(36)8-9-24(20)29)16-25(23)30-28(31-27)38-17-21-7-6-10-32(21)4/h5,8-9,11,18-19,21,36H,1,6-7,10,12-17H2,2-4H3/t18-,19+,21+/m1/s1. The maximum absolute atomic E-state index is 14.5. The lowest BCUT2D eigenvalue weighted by Gasteiger charge is -2.44. The molecule has 3 atom stereocenters. The van der Waals surface area contributed by atoms with Gasteiger partial charge in [0.05, 0.1) is 5.69 Å². The third-order valence-electron chi connectivity index (χ3n) is 8.02. The number of hydrogen-bond acceptors (Lipinski definition) is 8. The molecule has 3 aliphatic rings. The first-order valence-electron chi connectivity index (χ1n) is 13.4. The Kier molecular flexibility index (Phi) is 7.54. The molecule has 1 aromatic carbocycles. The zero-order chi connectivity index (χ0) is 27.0. The van der Waals surface area contributed by atoms with Gasteiger partial charge in [0, 0.05) is 62.0 Å². The van der Waals surface area contributed by atoms with Crippen molar-refractivity contribution >= 4 is 11.7 Å². The first-order chi connectivity index (χ1) is 18.2. The van der Waals surface area contributed by atoms with Crippen LogP contribution in [0.2, 0.25) is 0 Å². The lowest BCUT2D eigenvalue weighted by atomic mass is 10.1. The molecule has 2 aromatic rings. The molecule has 38 heavy (non-hydrogen) atoms. The Morgan fingerprint density at radius 3 is 2.79 bits per heavy atom. The average Bonchev–Trinajstić information content (AvgIpc) is 3.50. The Bertz CT molecular complexity index is 1210. The fourth-order valence-corrected chi connectivity index (χ4v) is 5.82. The van der Waals surface area contributed by atoms with Gasteiger partial charge in [0.1, 0.15) is 24.0 Å². The second-order valence-corrected chi connectivity index (χ2v) is 10.8. The van der Waals surface area contributed by atoms with Crippen molar-refractivity contribution in [2.24, 2.45) is 0 Å². The van der Waals surface area contributed by atoms with Crippen LogP contribution < -0.4 is 9.64 Å². The maximum Gasteiger partial charge on any atom is 0.318 e. The fourth-order valence-electron chi connectivity index (χ4n) is 5.82. The number of amides is 1. The van der Waals surface area contributed by atoms with E-state index in [9.17, 15) is 14.3 Å². The summed E-state index contributed by atoms with van der Waals surface area (Å²) in [5, 5.41) is 9.87. The monoisotopic (exact) mass is 524 g/mol. The number of benzene rings is 1. The molecule has 5 rings (SSSR count). The van der Waals surface area contributed by atoms with Crippen LogP contribution in [0.5, 0.6) is 11.8 Å². The lowest BCUT2D eigenvalue weighted by Crippen LogP contribution is -2.58. The molecule has 10 heteroatoms. The number of halogens is 1. The second kappa shape index (κ2) is 10.9. The molecule has 2 fully saturated rings. The number of aromatic nitrogens is 2. The molecule has 0 unspecified atom stereocenters. The largest absolute Gasteiger partial charge is 0.508 e. The quantitative estimate of drug-likeness (QED) is 0.554. The van der Waals surface area contributed by atoms with Crippen molar-refractivity contribution in [2.45, 2.75) is 64.4 Å². The van der Waals surface area contributed by atoms with Crippen LogP contribution in [0.1, 0.15) is 43.5 Å². The van der Waals surface area contributed by atoms with Crippen LogP contribution in [0, 0.1) is 5.82 Å². The van der Waals surface area contributed by atoms with Crippen LogP contribution in [-0.2, 0) is 24.4 Å². The van der Waals surface area contributed by atoms with Gasteiger partial charge in [-0.15, -0.1) is 0 Å². The van der Waals surface area contributed by atoms with E-state index in [0.29, 0.717) is 56.9 Å². The summed E-state index contributed by atoms with van der Waals surface area (Å²) in [6, 6.07) is 4.82. The van der Waals surface area contributed by atoms with Crippen LogP contribution in [0.25, 0.3) is 0 Å². The predicted molar refractivity (Wildman–Crippen MR) is 142 cm³/mol. The zero-order valence-corrected chi connectivity index (χ0v) is 22.4. The predicted octanol–water partition coefficient (Wildman–Crippen LogP) is 2.92. The van der Waals surface area contributed by atoms with E-state index in [0.717, 1.165) is 36.5 Å². The number of nitrogens with zero attached hydrogens (tertiary/aromatic N) is 6. The number of carbonyl (C=O) groups excluding carboxylic acids is 1.